The Hall–Kier alpha value is -2.46. The van der Waals surface area contributed by atoms with E-state index in [9.17, 15) is 10.1 Å². The molecule has 2 N–H and O–H groups in total. The Kier molecular flexibility index (Phi) is 5.71. The number of pyridine rings is 1. The molecule has 0 aliphatic carbocycles. The van der Waals surface area contributed by atoms with Crippen molar-refractivity contribution in [2.75, 3.05) is 20.6 Å². The van der Waals surface area contributed by atoms with Gasteiger partial charge in [-0.3, -0.25) is 4.79 Å². The molecular weight excluding hydrogens is 399 g/mol. The standard InChI is InChI=1S/C20H20Cl2N4O2/c1-11-9-15-17(20(27)26(11)8-7-25(2)3)16(13(10-23)19(24)28-15)12-5-4-6-14(21)18(12)22/h4-6,9,16H,7-8,24H2,1-3H3. The second kappa shape index (κ2) is 7.88. The summed E-state index contributed by atoms with van der Waals surface area (Å²) in [6.45, 7) is 3.02. The highest BCUT2D eigenvalue weighted by Gasteiger charge is 2.35. The van der Waals surface area contributed by atoms with Gasteiger partial charge in [0.2, 0.25) is 5.88 Å². The number of hydrogen-bond donors (Lipinski definition) is 1. The molecule has 0 bridgehead atoms. The summed E-state index contributed by atoms with van der Waals surface area (Å²) in [5.41, 5.74) is 7.52. The van der Waals surface area contributed by atoms with E-state index in [0.29, 0.717) is 35.0 Å². The first-order valence-corrected chi connectivity index (χ1v) is 9.42. The fourth-order valence-corrected chi connectivity index (χ4v) is 3.74. The minimum absolute atomic E-state index is 0.0408. The monoisotopic (exact) mass is 418 g/mol. The zero-order valence-corrected chi connectivity index (χ0v) is 17.3. The lowest BCUT2D eigenvalue weighted by atomic mass is 9.84. The topological polar surface area (TPSA) is 84.3 Å². The Bertz CT molecular complexity index is 1070. The molecule has 0 spiro atoms. The molecule has 1 aromatic carbocycles. The summed E-state index contributed by atoms with van der Waals surface area (Å²) in [6, 6.07) is 8.95. The molecule has 0 radical (unpaired) electrons. The SMILES string of the molecule is Cc1cc2c(c(=O)n1CCN(C)C)C(c1cccc(Cl)c1Cl)C(C#N)=C(N)O2. The summed E-state index contributed by atoms with van der Waals surface area (Å²) in [7, 11) is 3.88. The molecule has 1 aliphatic heterocycles. The first-order chi connectivity index (χ1) is 13.3. The minimum atomic E-state index is -0.751. The largest absolute Gasteiger partial charge is 0.440 e. The Morgan fingerprint density at radius 1 is 1.36 bits per heavy atom. The van der Waals surface area contributed by atoms with Crippen LogP contribution in [0.25, 0.3) is 0 Å². The predicted octanol–water partition coefficient (Wildman–Crippen LogP) is 3.24. The maximum absolute atomic E-state index is 13.4. The van der Waals surface area contributed by atoms with Crippen LogP contribution in [0.15, 0.2) is 40.5 Å². The summed E-state index contributed by atoms with van der Waals surface area (Å²) < 4.78 is 7.31. The Balaban J connectivity index is 2.29. The molecule has 1 atom stereocenters. The number of rotatable bonds is 4. The van der Waals surface area contributed by atoms with E-state index < -0.39 is 5.92 Å². The van der Waals surface area contributed by atoms with Gasteiger partial charge in [-0.25, -0.2) is 0 Å². The van der Waals surface area contributed by atoms with Crippen LogP contribution >= 0.6 is 23.2 Å². The van der Waals surface area contributed by atoms with Gasteiger partial charge in [-0.15, -0.1) is 0 Å². The third kappa shape index (κ3) is 3.49. The highest BCUT2D eigenvalue weighted by Crippen LogP contribution is 2.44. The molecule has 3 rings (SSSR count). The van der Waals surface area contributed by atoms with Crippen molar-refractivity contribution >= 4 is 23.2 Å². The fraction of sp³-hybridized carbons (Fsp3) is 0.300. The summed E-state index contributed by atoms with van der Waals surface area (Å²) >= 11 is 12.6. The van der Waals surface area contributed by atoms with Crippen molar-refractivity contribution in [1.82, 2.24) is 9.47 Å². The van der Waals surface area contributed by atoms with E-state index >= 15 is 0 Å². The van der Waals surface area contributed by atoms with Gasteiger partial charge >= 0.3 is 0 Å². The first-order valence-electron chi connectivity index (χ1n) is 8.66. The average Bonchev–Trinajstić information content (AvgIpc) is 2.62. The molecule has 1 unspecified atom stereocenters. The number of likely N-dealkylation sites (N-methyl/N-ethyl adjacent to an activating group) is 1. The molecule has 0 fully saturated rings. The third-order valence-corrected chi connectivity index (χ3v) is 5.59. The molecule has 0 amide bonds. The van der Waals surface area contributed by atoms with Crippen molar-refractivity contribution in [2.24, 2.45) is 5.73 Å². The van der Waals surface area contributed by atoms with Gasteiger partial charge in [0.1, 0.15) is 17.4 Å². The van der Waals surface area contributed by atoms with Crippen LogP contribution in [0.4, 0.5) is 0 Å². The molecular formula is C20H20Cl2N4O2. The van der Waals surface area contributed by atoms with Gasteiger partial charge in [0.15, 0.2) is 0 Å². The number of benzene rings is 1. The van der Waals surface area contributed by atoms with Crippen molar-refractivity contribution in [3.8, 4) is 11.8 Å². The average molecular weight is 419 g/mol. The maximum atomic E-state index is 13.4. The first kappa shape index (κ1) is 20.3. The van der Waals surface area contributed by atoms with Gasteiger partial charge in [0.05, 0.1) is 21.5 Å². The summed E-state index contributed by atoms with van der Waals surface area (Å²) in [4.78, 5) is 15.4. The number of allylic oxidation sites excluding steroid dienone is 1. The zero-order chi connectivity index (χ0) is 20.6. The molecule has 2 heterocycles. The number of nitriles is 1. The van der Waals surface area contributed by atoms with Crippen molar-refractivity contribution in [1.29, 1.82) is 5.26 Å². The smallest absolute Gasteiger partial charge is 0.258 e. The van der Waals surface area contributed by atoms with Crippen LogP contribution in [0.5, 0.6) is 5.75 Å². The van der Waals surface area contributed by atoms with Gasteiger partial charge in [-0.05, 0) is 32.6 Å². The van der Waals surface area contributed by atoms with E-state index in [1.807, 2.05) is 25.9 Å². The number of fused-ring (bicyclic) bond motifs is 1. The van der Waals surface area contributed by atoms with Gasteiger partial charge in [-0.2, -0.15) is 5.26 Å². The molecule has 1 aliphatic rings. The normalized spacial score (nSPS) is 16.0. The molecule has 8 heteroatoms. The van der Waals surface area contributed by atoms with Gasteiger partial charge in [0, 0.05) is 24.8 Å². The maximum Gasteiger partial charge on any atom is 0.258 e. The van der Waals surface area contributed by atoms with E-state index in [1.54, 1.807) is 28.8 Å². The van der Waals surface area contributed by atoms with E-state index in [1.165, 1.54) is 0 Å². The Morgan fingerprint density at radius 3 is 2.71 bits per heavy atom. The summed E-state index contributed by atoms with van der Waals surface area (Å²) in [5, 5.41) is 10.3. The highest BCUT2D eigenvalue weighted by molar-refractivity contribution is 6.42. The second-order valence-corrected chi connectivity index (χ2v) is 7.68. The fourth-order valence-electron chi connectivity index (χ4n) is 3.32. The van der Waals surface area contributed by atoms with Crippen LogP contribution in [0.1, 0.15) is 22.7 Å². The molecule has 0 saturated carbocycles. The molecule has 1 aromatic heterocycles. The summed E-state index contributed by atoms with van der Waals surface area (Å²) in [5.74, 6) is -0.458. The molecule has 28 heavy (non-hydrogen) atoms. The minimum Gasteiger partial charge on any atom is -0.440 e. The highest BCUT2D eigenvalue weighted by atomic mass is 35.5. The Morgan fingerprint density at radius 2 is 2.07 bits per heavy atom. The lowest BCUT2D eigenvalue weighted by Gasteiger charge is -2.28. The molecule has 0 saturated heterocycles. The second-order valence-electron chi connectivity index (χ2n) is 6.89. The lowest BCUT2D eigenvalue weighted by Crippen LogP contribution is -2.34. The summed E-state index contributed by atoms with van der Waals surface area (Å²) in [6.07, 6.45) is 0. The molecule has 6 nitrogen and oxygen atoms in total. The third-order valence-electron chi connectivity index (χ3n) is 4.75. The molecule has 146 valence electrons. The number of aryl methyl sites for hydroxylation is 1. The number of nitrogens with two attached hydrogens (primary N) is 1. The number of nitrogens with zero attached hydrogens (tertiary/aromatic N) is 3. The lowest BCUT2D eigenvalue weighted by molar-refractivity contribution is 0.369. The van der Waals surface area contributed by atoms with Crippen LogP contribution in [0, 0.1) is 18.3 Å². The number of hydrogen-bond acceptors (Lipinski definition) is 5. The van der Waals surface area contributed by atoms with Crippen molar-refractivity contribution in [3.05, 3.63) is 72.9 Å². The van der Waals surface area contributed by atoms with Crippen LogP contribution < -0.4 is 16.0 Å². The van der Waals surface area contributed by atoms with E-state index in [0.717, 1.165) is 5.69 Å². The van der Waals surface area contributed by atoms with Crippen LogP contribution in [0.3, 0.4) is 0 Å². The Labute approximate surface area is 173 Å². The number of ether oxygens (including phenoxy) is 1. The quantitative estimate of drug-likeness (QED) is 0.823. The van der Waals surface area contributed by atoms with E-state index in [4.69, 9.17) is 33.7 Å². The van der Waals surface area contributed by atoms with Crippen LogP contribution in [-0.4, -0.2) is 30.1 Å². The number of halogens is 2. The van der Waals surface area contributed by atoms with Crippen LogP contribution in [0.2, 0.25) is 10.0 Å². The van der Waals surface area contributed by atoms with Crippen molar-refractivity contribution < 1.29 is 4.74 Å². The van der Waals surface area contributed by atoms with E-state index in [-0.39, 0.29) is 22.0 Å². The van der Waals surface area contributed by atoms with Gasteiger partial charge < -0.3 is 19.9 Å². The van der Waals surface area contributed by atoms with Crippen molar-refractivity contribution in [3.63, 3.8) is 0 Å². The van der Waals surface area contributed by atoms with Crippen LogP contribution in [-0.2, 0) is 6.54 Å². The van der Waals surface area contributed by atoms with Gasteiger partial charge in [-0.1, -0.05) is 35.3 Å². The zero-order valence-electron chi connectivity index (χ0n) is 15.8. The number of aromatic nitrogens is 1. The van der Waals surface area contributed by atoms with Crippen molar-refractivity contribution in [2.45, 2.75) is 19.4 Å². The molecule has 2 aromatic rings. The van der Waals surface area contributed by atoms with Gasteiger partial charge in [0.25, 0.3) is 5.56 Å². The predicted molar refractivity (Wildman–Crippen MR) is 110 cm³/mol. The van der Waals surface area contributed by atoms with E-state index in [2.05, 4.69) is 6.07 Å².